The molecule has 0 unspecified atom stereocenters. The Balaban J connectivity index is 1.71. The van der Waals surface area contributed by atoms with Crippen LogP contribution in [-0.2, 0) is 20.5 Å². The van der Waals surface area contributed by atoms with E-state index in [1.165, 1.54) is 0 Å². The van der Waals surface area contributed by atoms with Gasteiger partial charge in [0.15, 0.2) is 14.4 Å². The molecule has 3 atom stereocenters. The van der Waals surface area contributed by atoms with E-state index < -0.39 is 14.4 Å². The number of nitrogens with zero attached hydrogens (tertiary/aromatic N) is 1. The average Bonchev–Trinajstić information content (AvgIpc) is 3.16. The van der Waals surface area contributed by atoms with Crippen LogP contribution in [0.15, 0.2) is 30.3 Å². The third-order valence-electron chi connectivity index (χ3n) is 2.92. The van der Waals surface area contributed by atoms with E-state index in [0.717, 1.165) is 5.56 Å². The quantitative estimate of drug-likeness (QED) is 0.572. The number of benzene rings is 1. The summed E-state index contributed by atoms with van der Waals surface area (Å²) in [5.41, 5.74) is 1.14. The molecule has 1 heterocycles. The molecule has 0 saturated carbocycles. The van der Waals surface area contributed by atoms with Crippen LogP contribution in [0.25, 0.3) is 0 Å². The topological polar surface area (TPSA) is 54.8 Å². The Hall–Kier alpha value is -1.19. The molecule has 0 amide bonds. The van der Waals surface area contributed by atoms with Crippen molar-refractivity contribution in [1.82, 2.24) is 0 Å². The molecule has 0 bridgehead atoms. The summed E-state index contributed by atoms with van der Waals surface area (Å²) in [4.78, 5) is 0. The molecule has 1 saturated heterocycles. The van der Waals surface area contributed by atoms with Gasteiger partial charge in [-0.2, -0.15) is 5.26 Å². The van der Waals surface area contributed by atoms with E-state index in [0.29, 0.717) is 13.2 Å². The Kier molecular flexibility index (Phi) is 4.94. The number of rotatable bonds is 7. The van der Waals surface area contributed by atoms with Crippen LogP contribution in [0.1, 0.15) is 5.56 Å². The van der Waals surface area contributed by atoms with Crippen LogP contribution >= 0.6 is 0 Å². The molecular weight excluding hydrogens is 270 g/mol. The first-order valence-electron chi connectivity index (χ1n) is 6.84. The van der Waals surface area contributed by atoms with E-state index in [1.807, 2.05) is 30.3 Å². The summed E-state index contributed by atoms with van der Waals surface area (Å²) in [6.07, 6.45) is -0.616. The van der Waals surface area contributed by atoms with Crippen molar-refractivity contribution in [2.45, 2.75) is 44.6 Å². The predicted octanol–water partition coefficient (Wildman–Crippen LogP) is 2.71. The Morgan fingerprint density at radius 3 is 2.60 bits per heavy atom. The maximum Gasteiger partial charge on any atom is 0.185 e. The van der Waals surface area contributed by atoms with E-state index in [9.17, 15) is 0 Å². The van der Waals surface area contributed by atoms with E-state index in [4.69, 9.17) is 19.2 Å². The summed E-state index contributed by atoms with van der Waals surface area (Å²) in [6, 6.07) is 12.2. The Labute approximate surface area is 121 Å². The molecule has 1 aliphatic rings. The highest BCUT2D eigenvalue weighted by atomic mass is 28.4. The van der Waals surface area contributed by atoms with E-state index in [2.05, 4.69) is 25.7 Å². The predicted molar refractivity (Wildman–Crippen MR) is 78.6 cm³/mol. The summed E-state index contributed by atoms with van der Waals surface area (Å²) in [6.45, 7) is 7.29. The van der Waals surface area contributed by atoms with Gasteiger partial charge in [-0.3, -0.25) is 0 Å². The van der Waals surface area contributed by atoms with E-state index in [1.54, 1.807) is 0 Å². The molecule has 4 nitrogen and oxygen atoms in total. The van der Waals surface area contributed by atoms with Crippen LogP contribution < -0.4 is 0 Å². The van der Waals surface area contributed by atoms with Gasteiger partial charge >= 0.3 is 0 Å². The summed E-state index contributed by atoms with van der Waals surface area (Å²) in [5, 5.41) is 9.15. The Bertz CT molecular complexity index is 466. The fourth-order valence-corrected chi connectivity index (χ4v) is 2.92. The maximum absolute atomic E-state index is 9.15. The molecule has 0 aliphatic carbocycles. The zero-order chi connectivity index (χ0) is 14.6. The van der Waals surface area contributed by atoms with Crippen molar-refractivity contribution in [3.05, 3.63) is 35.9 Å². The number of epoxide rings is 1. The number of hydrogen-bond acceptors (Lipinski definition) is 4. The van der Waals surface area contributed by atoms with Crippen LogP contribution in [0, 0.1) is 11.3 Å². The SMILES string of the molecule is C[Si](C)(C)O[C@H](C#N)[C@@H]1O[C@H]1COCc1ccccc1. The van der Waals surface area contributed by atoms with Gasteiger partial charge in [-0.05, 0) is 25.2 Å². The van der Waals surface area contributed by atoms with Crippen molar-refractivity contribution >= 4 is 8.32 Å². The molecule has 0 radical (unpaired) electrons. The number of nitriles is 1. The van der Waals surface area contributed by atoms with E-state index >= 15 is 0 Å². The zero-order valence-corrected chi connectivity index (χ0v) is 13.2. The first-order chi connectivity index (χ1) is 9.49. The molecule has 108 valence electrons. The summed E-state index contributed by atoms with van der Waals surface area (Å²) < 4.78 is 16.9. The van der Waals surface area contributed by atoms with Crippen molar-refractivity contribution < 1.29 is 13.9 Å². The van der Waals surface area contributed by atoms with Crippen LogP contribution in [0.3, 0.4) is 0 Å². The molecule has 0 N–H and O–H groups in total. The molecule has 1 aromatic rings. The second-order valence-electron chi connectivity index (χ2n) is 5.92. The number of hydrogen-bond donors (Lipinski definition) is 0. The van der Waals surface area contributed by atoms with Gasteiger partial charge in [0.1, 0.15) is 12.2 Å². The van der Waals surface area contributed by atoms with Crippen LogP contribution in [0.2, 0.25) is 19.6 Å². The van der Waals surface area contributed by atoms with E-state index in [-0.39, 0.29) is 12.2 Å². The maximum atomic E-state index is 9.15. The molecule has 2 rings (SSSR count). The third-order valence-corrected chi connectivity index (χ3v) is 3.88. The van der Waals surface area contributed by atoms with Crippen molar-refractivity contribution in [1.29, 1.82) is 5.26 Å². The van der Waals surface area contributed by atoms with Crippen molar-refractivity contribution in [3.8, 4) is 6.07 Å². The van der Waals surface area contributed by atoms with Gasteiger partial charge in [-0.1, -0.05) is 30.3 Å². The van der Waals surface area contributed by atoms with Gasteiger partial charge in [-0.25, -0.2) is 0 Å². The van der Waals surface area contributed by atoms with Gasteiger partial charge in [0.2, 0.25) is 0 Å². The normalized spacial score (nSPS) is 23.1. The van der Waals surface area contributed by atoms with Gasteiger partial charge in [0.25, 0.3) is 0 Å². The molecule has 1 fully saturated rings. The fourth-order valence-electron chi connectivity index (χ4n) is 1.97. The van der Waals surface area contributed by atoms with Crippen LogP contribution in [0.4, 0.5) is 0 Å². The fraction of sp³-hybridized carbons (Fsp3) is 0.533. The largest absolute Gasteiger partial charge is 0.400 e. The minimum absolute atomic E-state index is 0.0142. The lowest BCUT2D eigenvalue weighted by Crippen LogP contribution is -2.35. The lowest BCUT2D eigenvalue weighted by molar-refractivity contribution is 0.104. The third kappa shape index (κ3) is 4.73. The first kappa shape index (κ1) is 15.2. The summed E-state index contributed by atoms with van der Waals surface area (Å²) in [5.74, 6) is 0. The summed E-state index contributed by atoms with van der Waals surface area (Å²) >= 11 is 0. The standard InChI is InChI=1S/C15H21NO3Si/c1-20(2,3)19-13(9-16)15-14(18-15)11-17-10-12-7-5-4-6-8-12/h4-8,13-15H,10-11H2,1-3H3/t13-,14+,15+/m1/s1. The van der Waals surface area contributed by atoms with Crippen LogP contribution in [-0.4, -0.2) is 33.2 Å². The minimum atomic E-state index is -1.72. The monoisotopic (exact) mass is 291 g/mol. The molecule has 0 aromatic heterocycles. The van der Waals surface area contributed by atoms with Crippen molar-refractivity contribution in [2.24, 2.45) is 0 Å². The van der Waals surface area contributed by atoms with Crippen LogP contribution in [0.5, 0.6) is 0 Å². The average molecular weight is 291 g/mol. The van der Waals surface area contributed by atoms with Crippen molar-refractivity contribution in [3.63, 3.8) is 0 Å². The Morgan fingerprint density at radius 1 is 1.30 bits per heavy atom. The lowest BCUT2D eigenvalue weighted by Gasteiger charge is -2.20. The highest BCUT2D eigenvalue weighted by Crippen LogP contribution is 2.29. The molecule has 5 heteroatoms. The van der Waals surface area contributed by atoms with Crippen molar-refractivity contribution in [2.75, 3.05) is 6.61 Å². The zero-order valence-electron chi connectivity index (χ0n) is 12.2. The van der Waals surface area contributed by atoms with Gasteiger partial charge in [-0.15, -0.1) is 0 Å². The first-order valence-corrected chi connectivity index (χ1v) is 10.2. The highest BCUT2D eigenvalue weighted by molar-refractivity contribution is 6.69. The molecule has 1 aromatic carbocycles. The highest BCUT2D eigenvalue weighted by Gasteiger charge is 2.47. The minimum Gasteiger partial charge on any atom is -0.400 e. The Morgan fingerprint density at radius 2 is 2.00 bits per heavy atom. The summed E-state index contributed by atoms with van der Waals surface area (Å²) in [7, 11) is -1.72. The number of ether oxygens (including phenoxy) is 2. The molecular formula is C15H21NO3Si. The smallest absolute Gasteiger partial charge is 0.185 e. The second kappa shape index (κ2) is 6.51. The van der Waals surface area contributed by atoms with Gasteiger partial charge in [0.05, 0.1) is 19.3 Å². The van der Waals surface area contributed by atoms with Gasteiger partial charge < -0.3 is 13.9 Å². The molecule has 20 heavy (non-hydrogen) atoms. The molecule has 0 spiro atoms. The molecule has 1 aliphatic heterocycles. The van der Waals surface area contributed by atoms with Gasteiger partial charge in [0, 0.05) is 0 Å². The lowest BCUT2D eigenvalue weighted by atomic mass is 10.2. The second-order valence-corrected chi connectivity index (χ2v) is 10.4.